The topological polar surface area (TPSA) is 29.5 Å². The average Bonchev–Trinajstić information content (AvgIpc) is 2.26. The van der Waals surface area contributed by atoms with Crippen LogP contribution in [0.2, 0.25) is 0 Å². The molecule has 1 saturated heterocycles. The van der Waals surface area contributed by atoms with Gasteiger partial charge in [-0.05, 0) is 27.2 Å². The van der Waals surface area contributed by atoms with Crippen LogP contribution in [0.1, 0.15) is 40.5 Å². The lowest BCUT2D eigenvalue weighted by molar-refractivity contribution is 0.132. The molecular formula is C10H19NO2. The third kappa shape index (κ3) is 1.95. The van der Waals surface area contributed by atoms with Gasteiger partial charge >= 0.3 is 6.09 Å². The first-order valence-corrected chi connectivity index (χ1v) is 4.95. The number of ether oxygens (including phenoxy) is 1. The molecule has 1 heterocycles. The van der Waals surface area contributed by atoms with Crippen molar-refractivity contribution in [2.45, 2.75) is 52.1 Å². The second kappa shape index (κ2) is 3.56. The molecule has 1 amide bonds. The maximum absolute atomic E-state index is 11.4. The highest BCUT2D eigenvalue weighted by Gasteiger charge is 2.42. The number of amides is 1. The predicted octanol–water partition coefficient (Wildman–Crippen LogP) is 2.41. The summed E-state index contributed by atoms with van der Waals surface area (Å²) < 4.78 is 5.04. The van der Waals surface area contributed by atoms with Crippen molar-refractivity contribution in [3.05, 3.63) is 0 Å². The van der Waals surface area contributed by atoms with Gasteiger partial charge in [0.2, 0.25) is 0 Å². The minimum atomic E-state index is -0.161. The lowest BCUT2D eigenvalue weighted by Gasteiger charge is -2.33. The fourth-order valence-electron chi connectivity index (χ4n) is 1.95. The van der Waals surface area contributed by atoms with E-state index < -0.39 is 0 Å². The van der Waals surface area contributed by atoms with Crippen LogP contribution in [0.4, 0.5) is 4.79 Å². The lowest BCUT2D eigenvalue weighted by atomic mass is 10.0. The number of nitrogens with zero attached hydrogens (tertiary/aromatic N) is 1. The molecule has 1 atom stereocenters. The van der Waals surface area contributed by atoms with Crippen LogP contribution in [-0.2, 0) is 4.74 Å². The third-order valence-electron chi connectivity index (χ3n) is 2.54. The summed E-state index contributed by atoms with van der Waals surface area (Å²) >= 11 is 0. The van der Waals surface area contributed by atoms with Crippen LogP contribution in [0.15, 0.2) is 0 Å². The van der Waals surface area contributed by atoms with Gasteiger partial charge in [-0.1, -0.05) is 13.3 Å². The zero-order chi connectivity index (χ0) is 10.1. The summed E-state index contributed by atoms with van der Waals surface area (Å²) in [6.45, 7) is 8.82. The fourth-order valence-corrected chi connectivity index (χ4v) is 1.95. The molecule has 0 N–H and O–H groups in total. The van der Waals surface area contributed by atoms with Gasteiger partial charge in [-0.2, -0.15) is 0 Å². The molecule has 3 heteroatoms. The Hall–Kier alpha value is -0.730. The highest BCUT2D eigenvalue weighted by molar-refractivity contribution is 5.71. The molecule has 0 aliphatic carbocycles. The van der Waals surface area contributed by atoms with Crippen LogP contribution >= 0.6 is 0 Å². The van der Waals surface area contributed by atoms with E-state index in [9.17, 15) is 4.79 Å². The van der Waals surface area contributed by atoms with E-state index in [0.29, 0.717) is 6.61 Å². The summed E-state index contributed by atoms with van der Waals surface area (Å²) in [7, 11) is 0. The molecular weight excluding hydrogens is 166 g/mol. The highest BCUT2D eigenvalue weighted by atomic mass is 16.6. The van der Waals surface area contributed by atoms with Gasteiger partial charge in [0.25, 0.3) is 0 Å². The van der Waals surface area contributed by atoms with Gasteiger partial charge in [0.1, 0.15) is 6.61 Å². The molecule has 3 nitrogen and oxygen atoms in total. The zero-order valence-corrected chi connectivity index (χ0v) is 8.96. The summed E-state index contributed by atoms with van der Waals surface area (Å²) in [6.07, 6.45) is 1.98. The maximum atomic E-state index is 11.4. The van der Waals surface area contributed by atoms with Gasteiger partial charge in [0.05, 0.1) is 5.54 Å². The predicted molar refractivity (Wildman–Crippen MR) is 51.6 cm³/mol. The molecule has 76 valence electrons. The fraction of sp³-hybridized carbons (Fsp3) is 0.900. The van der Waals surface area contributed by atoms with Gasteiger partial charge in [-0.3, -0.25) is 4.90 Å². The van der Waals surface area contributed by atoms with Crippen molar-refractivity contribution >= 4 is 6.09 Å². The van der Waals surface area contributed by atoms with Gasteiger partial charge in [-0.15, -0.1) is 0 Å². The Balaban J connectivity index is 2.70. The Bertz CT molecular complexity index is 201. The van der Waals surface area contributed by atoms with E-state index in [1.54, 1.807) is 0 Å². The van der Waals surface area contributed by atoms with E-state index in [4.69, 9.17) is 4.74 Å². The smallest absolute Gasteiger partial charge is 0.410 e. The molecule has 13 heavy (non-hydrogen) atoms. The molecule has 0 bridgehead atoms. The van der Waals surface area contributed by atoms with Crippen molar-refractivity contribution in [3.8, 4) is 0 Å². The second-order valence-electron chi connectivity index (χ2n) is 4.37. The Morgan fingerprint density at radius 1 is 1.62 bits per heavy atom. The Morgan fingerprint density at radius 2 is 2.23 bits per heavy atom. The van der Waals surface area contributed by atoms with Crippen molar-refractivity contribution in [3.63, 3.8) is 0 Å². The Kier molecular flexibility index (Phi) is 2.84. The second-order valence-corrected chi connectivity index (χ2v) is 4.37. The van der Waals surface area contributed by atoms with Crippen molar-refractivity contribution in [2.24, 2.45) is 0 Å². The zero-order valence-electron chi connectivity index (χ0n) is 8.96. The van der Waals surface area contributed by atoms with E-state index >= 15 is 0 Å². The van der Waals surface area contributed by atoms with Crippen molar-refractivity contribution in [1.29, 1.82) is 0 Å². The number of rotatable bonds is 3. The number of hydrogen-bond donors (Lipinski definition) is 0. The van der Waals surface area contributed by atoms with E-state index in [2.05, 4.69) is 13.8 Å². The van der Waals surface area contributed by atoms with Crippen molar-refractivity contribution in [1.82, 2.24) is 4.90 Å². The third-order valence-corrected chi connectivity index (χ3v) is 2.54. The number of carbonyl (C=O) groups is 1. The first-order chi connectivity index (χ1) is 5.99. The minimum Gasteiger partial charge on any atom is -0.447 e. The molecule has 1 rings (SSSR count). The molecule has 0 aromatic heterocycles. The highest BCUT2D eigenvalue weighted by Crippen LogP contribution is 2.27. The molecule has 0 saturated carbocycles. The van der Waals surface area contributed by atoms with Crippen molar-refractivity contribution < 1.29 is 9.53 Å². The number of carbonyl (C=O) groups excluding carboxylic acids is 1. The standard InChI is InChI=1S/C10H19NO2/c1-5-6-8(2)11-9(12)13-7-10(11,3)4/h8H,5-7H2,1-4H3. The van der Waals surface area contributed by atoms with Crippen LogP contribution in [0.5, 0.6) is 0 Å². The largest absolute Gasteiger partial charge is 0.447 e. The molecule has 0 radical (unpaired) electrons. The molecule has 0 aromatic rings. The van der Waals surface area contributed by atoms with Crippen LogP contribution < -0.4 is 0 Å². The number of hydrogen-bond acceptors (Lipinski definition) is 2. The van der Waals surface area contributed by atoms with Gasteiger partial charge < -0.3 is 4.74 Å². The molecule has 1 unspecified atom stereocenters. The lowest BCUT2D eigenvalue weighted by Crippen LogP contribution is -2.47. The summed E-state index contributed by atoms with van der Waals surface area (Å²) in [5.41, 5.74) is -0.133. The van der Waals surface area contributed by atoms with Gasteiger partial charge in [-0.25, -0.2) is 4.79 Å². The van der Waals surface area contributed by atoms with Gasteiger partial charge in [0.15, 0.2) is 0 Å². The van der Waals surface area contributed by atoms with Crippen LogP contribution in [0, 0.1) is 0 Å². The summed E-state index contributed by atoms with van der Waals surface area (Å²) in [5.74, 6) is 0. The van der Waals surface area contributed by atoms with Gasteiger partial charge in [0, 0.05) is 6.04 Å². The molecule has 0 spiro atoms. The van der Waals surface area contributed by atoms with E-state index in [1.165, 1.54) is 0 Å². The average molecular weight is 185 g/mol. The quantitative estimate of drug-likeness (QED) is 0.675. The van der Waals surface area contributed by atoms with Crippen LogP contribution in [0.25, 0.3) is 0 Å². The normalized spacial score (nSPS) is 23.1. The van der Waals surface area contributed by atoms with E-state index in [1.807, 2.05) is 18.7 Å². The van der Waals surface area contributed by atoms with Crippen LogP contribution in [0.3, 0.4) is 0 Å². The molecule has 1 fully saturated rings. The monoisotopic (exact) mass is 185 g/mol. The van der Waals surface area contributed by atoms with E-state index in [0.717, 1.165) is 12.8 Å². The van der Waals surface area contributed by atoms with Crippen LogP contribution in [-0.4, -0.2) is 29.2 Å². The summed E-state index contributed by atoms with van der Waals surface area (Å²) in [5, 5.41) is 0. The maximum Gasteiger partial charge on any atom is 0.410 e. The Labute approximate surface area is 80.1 Å². The summed E-state index contributed by atoms with van der Waals surface area (Å²) in [4.78, 5) is 13.3. The Morgan fingerprint density at radius 3 is 2.62 bits per heavy atom. The van der Waals surface area contributed by atoms with Crippen molar-refractivity contribution in [2.75, 3.05) is 6.61 Å². The molecule has 1 aliphatic heterocycles. The molecule has 0 aromatic carbocycles. The summed E-state index contributed by atoms with van der Waals surface area (Å²) in [6, 6.07) is 0.287. The van der Waals surface area contributed by atoms with E-state index in [-0.39, 0.29) is 17.7 Å². The minimum absolute atomic E-state index is 0.133. The SMILES string of the molecule is CCCC(C)N1C(=O)OCC1(C)C. The first-order valence-electron chi connectivity index (χ1n) is 4.95. The number of cyclic esters (lactones) is 1. The molecule has 1 aliphatic rings. The first kappa shape index (κ1) is 10.4.